The maximum atomic E-state index is 12.3. The van der Waals surface area contributed by atoms with Crippen molar-refractivity contribution < 1.29 is 17.9 Å². The first kappa shape index (κ1) is 20.7. The highest BCUT2D eigenvalue weighted by Gasteiger charge is 2.28. The van der Waals surface area contributed by atoms with Gasteiger partial charge < -0.3 is 19.9 Å². The summed E-state index contributed by atoms with van der Waals surface area (Å²) in [7, 11) is 1.71. The Morgan fingerprint density at radius 3 is 2.52 bits per heavy atom. The zero-order valence-electron chi connectivity index (χ0n) is 16.1. The Morgan fingerprint density at radius 2 is 1.86 bits per heavy atom. The molecule has 2 heterocycles. The lowest BCUT2D eigenvalue weighted by atomic mass is 10.2. The van der Waals surface area contributed by atoms with Crippen LogP contribution in [0.2, 0.25) is 0 Å². The Bertz CT molecular complexity index is 807. The number of ether oxygens (including phenoxy) is 1. The molecular weight excluding hydrogens is 385 g/mol. The topological polar surface area (TPSA) is 65.9 Å². The van der Waals surface area contributed by atoms with E-state index in [1.165, 1.54) is 6.07 Å². The van der Waals surface area contributed by atoms with E-state index >= 15 is 0 Å². The molecule has 1 aliphatic rings. The third-order valence-corrected chi connectivity index (χ3v) is 4.38. The minimum atomic E-state index is -4.36. The number of aromatic nitrogens is 2. The zero-order chi connectivity index (χ0) is 20.7. The van der Waals surface area contributed by atoms with Gasteiger partial charge in [0.25, 0.3) is 0 Å². The number of hydrogen-bond donors (Lipinski definition) is 1. The summed E-state index contributed by atoms with van der Waals surface area (Å²) < 4.78 is 41.7. The highest BCUT2D eigenvalue weighted by Crippen LogP contribution is 2.19. The van der Waals surface area contributed by atoms with Gasteiger partial charge in [0.15, 0.2) is 12.6 Å². The number of nitrogens with zero attached hydrogens (tertiary/aromatic N) is 5. The van der Waals surface area contributed by atoms with Crippen LogP contribution in [0.25, 0.3) is 0 Å². The lowest BCUT2D eigenvalue weighted by Gasteiger charge is -2.36. The maximum absolute atomic E-state index is 12.3. The molecule has 2 aromatic rings. The first-order valence-corrected chi connectivity index (χ1v) is 9.20. The van der Waals surface area contributed by atoms with E-state index in [9.17, 15) is 13.2 Å². The molecule has 1 aromatic carbocycles. The van der Waals surface area contributed by atoms with Crippen LogP contribution < -0.4 is 15.0 Å². The van der Waals surface area contributed by atoms with Crippen LogP contribution in [0.1, 0.15) is 5.56 Å². The fraction of sp³-hybridized carbons (Fsp3) is 0.421. The normalized spacial score (nSPS) is 15.4. The minimum Gasteiger partial charge on any atom is -0.484 e. The van der Waals surface area contributed by atoms with Crippen molar-refractivity contribution in [2.24, 2.45) is 4.99 Å². The summed E-state index contributed by atoms with van der Waals surface area (Å²) in [5, 5.41) is 3.26. The molecule has 7 nitrogen and oxygen atoms in total. The Morgan fingerprint density at radius 1 is 1.14 bits per heavy atom. The summed E-state index contributed by atoms with van der Waals surface area (Å²) >= 11 is 0. The van der Waals surface area contributed by atoms with Crippen LogP contribution in [-0.4, -0.2) is 66.8 Å². The van der Waals surface area contributed by atoms with Crippen LogP contribution in [0.3, 0.4) is 0 Å². The van der Waals surface area contributed by atoms with Gasteiger partial charge in [0.2, 0.25) is 5.95 Å². The van der Waals surface area contributed by atoms with E-state index in [1.54, 1.807) is 37.6 Å². The van der Waals surface area contributed by atoms with Crippen LogP contribution in [0, 0.1) is 0 Å². The minimum absolute atomic E-state index is 0.188. The molecule has 3 rings (SSSR count). The summed E-state index contributed by atoms with van der Waals surface area (Å²) in [4.78, 5) is 17.1. The summed E-state index contributed by atoms with van der Waals surface area (Å²) in [6, 6.07) is 8.38. The summed E-state index contributed by atoms with van der Waals surface area (Å²) in [6.45, 7) is 2.18. The zero-order valence-corrected chi connectivity index (χ0v) is 16.1. The summed E-state index contributed by atoms with van der Waals surface area (Å²) in [6.07, 6.45) is -0.910. The number of anilines is 1. The van der Waals surface area contributed by atoms with Crippen molar-refractivity contribution in [3.8, 4) is 5.75 Å². The third kappa shape index (κ3) is 6.23. The molecule has 0 saturated carbocycles. The van der Waals surface area contributed by atoms with E-state index in [-0.39, 0.29) is 5.75 Å². The second-order valence-corrected chi connectivity index (χ2v) is 6.47. The molecule has 0 atom stereocenters. The molecule has 0 amide bonds. The Balaban J connectivity index is 1.51. The lowest BCUT2D eigenvalue weighted by molar-refractivity contribution is -0.153. The average molecular weight is 408 g/mol. The second kappa shape index (κ2) is 9.44. The largest absolute Gasteiger partial charge is 0.484 e. The van der Waals surface area contributed by atoms with Crippen LogP contribution in [0.15, 0.2) is 47.7 Å². The number of alkyl halides is 3. The molecule has 156 valence electrons. The second-order valence-electron chi connectivity index (χ2n) is 6.47. The van der Waals surface area contributed by atoms with Crippen molar-refractivity contribution in [2.75, 3.05) is 44.7 Å². The summed E-state index contributed by atoms with van der Waals surface area (Å²) in [5.74, 6) is 1.64. The van der Waals surface area contributed by atoms with Crippen LogP contribution in [0.4, 0.5) is 19.1 Å². The van der Waals surface area contributed by atoms with Gasteiger partial charge in [-0.25, -0.2) is 9.97 Å². The number of halogens is 3. The average Bonchev–Trinajstić information content (AvgIpc) is 2.74. The van der Waals surface area contributed by atoms with E-state index in [1.807, 2.05) is 6.07 Å². The van der Waals surface area contributed by atoms with E-state index in [4.69, 9.17) is 4.74 Å². The molecular formula is C19H23F3N6O. The third-order valence-electron chi connectivity index (χ3n) is 4.38. The lowest BCUT2D eigenvalue weighted by Crippen LogP contribution is -2.52. The van der Waals surface area contributed by atoms with Gasteiger partial charge in [0.05, 0.1) is 0 Å². The molecule has 1 aliphatic heterocycles. The van der Waals surface area contributed by atoms with Gasteiger partial charge in [0, 0.05) is 52.2 Å². The van der Waals surface area contributed by atoms with Gasteiger partial charge in [0.1, 0.15) is 5.75 Å². The van der Waals surface area contributed by atoms with Crippen molar-refractivity contribution in [2.45, 2.75) is 12.7 Å². The van der Waals surface area contributed by atoms with E-state index in [0.717, 1.165) is 37.7 Å². The number of guanidine groups is 1. The monoisotopic (exact) mass is 408 g/mol. The Hall–Kier alpha value is -3.04. The van der Waals surface area contributed by atoms with Gasteiger partial charge in [-0.3, -0.25) is 4.99 Å². The van der Waals surface area contributed by atoms with Crippen molar-refractivity contribution in [3.05, 3.63) is 48.3 Å². The first-order valence-electron chi connectivity index (χ1n) is 9.20. The quantitative estimate of drug-likeness (QED) is 0.605. The molecule has 1 aromatic heterocycles. The van der Waals surface area contributed by atoms with Gasteiger partial charge >= 0.3 is 6.18 Å². The molecule has 0 aliphatic carbocycles. The van der Waals surface area contributed by atoms with Crippen molar-refractivity contribution in [1.29, 1.82) is 0 Å². The summed E-state index contributed by atoms with van der Waals surface area (Å²) in [5.41, 5.74) is 0.808. The molecule has 1 saturated heterocycles. The number of piperazine rings is 1. The van der Waals surface area contributed by atoms with Crippen molar-refractivity contribution in [3.63, 3.8) is 0 Å². The predicted molar refractivity (Wildman–Crippen MR) is 104 cm³/mol. The molecule has 1 N–H and O–H groups in total. The Labute approximate surface area is 167 Å². The predicted octanol–water partition coefficient (Wildman–Crippen LogP) is 2.32. The van der Waals surface area contributed by atoms with Gasteiger partial charge in [-0.15, -0.1) is 0 Å². The molecule has 0 spiro atoms. The maximum Gasteiger partial charge on any atom is 0.422 e. The van der Waals surface area contributed by atoms with Crippen molar-refractivity contribution in [1.82, 2.24) is 20.2 Å². The number of nitrogens with one attached hydrogen (secondary N) is 1. The highest BCUT2D eigenvalue weighted by atomic mass is 19.4. The van der Waals surface area contributed by atoms with Gasteiger partial charge in [-0.1, -0.05) is 12.1 Å². The van der Waals surface area contributed by atoms with Crippen molar-refractivity contribution >= 4 is 11.9 Å². The first-order chi connectivity index (χ1) is 13.9. The van der Waals surface area contributed by atoms with Crippen LogP contribution in [-0.2, 0) is 6.54 Å². The highest BCUT2D eigenvalue weighted by molar-refractivity contribution is 5.80. The standard InChI is InChI=1S/C19H23F3N6O/c1-23-17(27-8-10-28(11-9-27)18-24-6-3-7-25-18)26-13-15-4-2-5-16(12-15)29-14-19(20,21)22/h2-7,12H,8-11,13-14H2,1H3,(H,23,26). The fourth-order valence-electron chi connectivity index (χ4n) is 3.00. The molecule has 0 bridgehead atoms. The SMILES string of the molecule is CN=C(NCc1cccc(OCC(F)(F)F)c1)N1CCN(c2ncccn2)CC1. The number of benzene rings is 1. The van der Waals surface area contributed by atoms with Gasteiger partial charge in [-0.2, -0.15) is 13.2 Å². The fourth-order valence-corrected chi connectivity index (χ4v) is 3.00. The Kier molecular flexibility index (Phi) is 6.73. The molecule has 10 heteroatoms. The molecule has 0 radical (unpaired) electrons. The van der Waals surface area contributed by atoms with E-state index in [0.29, 0.717) is 12.5 Å². The van der Waals surface area contributed by atoms with Crippen LogP contribution in [0.5, 0.6) is 5.75 Å². The smallest absolute Gasteiger partial charge is 0.422 e. The van der Waals surface area contributed by atoms with E-state index in [2.05, 4.69) is 30.1 Å². The molecule has 0 unspecified atom stereocenters. The van der Waals surface area contributed by atoms with Gasteiger partial charge in [-0.05, 0) is 23.8 Å². The molecule has 29 heavy (non-hydrogen) atoms. The number of aliphatic imine (C=N–C) groups is 1. The van der Waals surface area contributed by atoms with E-state index < -0.39 is 12.8 Å². The number of hydrogen-bond acceptors (Lipinski definition) is 5. The number of rotatable bonds is 5. The molecule has 1 fully saturated rings. The van der Waals surface area contributed by atoms with Crippen LogP contribution >= 0.6 is 0 Å².